The number of carbonyl (C=O) groups excluding carboxylic acids is 1. The van der Waals surface area contributed by atoms with Gasteiger partial charge in [0.2, 0.25) is 0 Å². The van der Waals surface area contributed by atoms with Gasteiger partial charge in [0, 0.05) is 18.3 Å². The van der Waals surface area contributed by atoms with E-state index < -0.39 is 9.84 Å². The predicted molar refractivity (Wildman–Crippen MR) is 70.2 cm³/mol. The minimum Gasteiger partial charge on any atom is -0.468 e. The van der Waals surface area contributed by atoms with Gasteiger partial charge < -0.3 is 4.74 Å². The van der Waals surface area contributed by atoms with Gasteiger partial charge in [-0.1, -0.05) is 19.8 Å². The normalized spacial score (nSPS) is 17.3. The van der Waals surface area contributed by atoms with Gasteiger partial charge in [-0.2, -0.15) is 0 Å². The standard InChI is InChI=1S/C12H23NO4S/c1-3-18(15,16)9-8-13(10-12(14)17-2)11-6-4-5-7-11/h11H,3-10H2,1-2H3. The van der Waals surface area contributed by atoms with Gasteiger partial charge in [-0.15, -0.1) is 0 Å². The number of rotatable bonds is 7. The van der Waals surface area contributed by atoms with Crippen molar-refractivity contribution in [2.24, 2.45) is 0 Å². The van der Waals surface area contributed by atoms with E-state index in [1.807, 2.05) is 4.90 Å². The monoisotopic (exact) mass is 277 g/mol. The zero-order chi connectivity index (χ0) is 13.6. The van der Waals surface area contributed by atoms with Crippen molar-refractivity contribution in [3.63, 3.8) is 0 Å². The van der Waals surface area contributed by atoms with E-state index in [1.54, 1.807) is 6.92 Å². The summed E-state index contributed by atoms with van der Waals surface area (Å²) in [6.07, 6.45) is 4.40. The second-order valence-electron chi connectivity index (χ2n) is 4.72. The van der Waals surface area contributed by atoms with E-state index in [9.17, 15) is 13.2 Å². The molecule has 1 rings (SSSR count). The van der Waals surface area contributed by atoms with Crippen molar-refractivity contribution in [1.29, 1.82) is 0 Å². The highest BCUT2D eigenvalue weighted by Crippen LogP contribution is 2.23. The van der Waals surface area contributed by atoms with E-state index in [-0.39, 0.29) is 24.0 Å². The number of hydrogen-bond acceptors (Lipinski definition) is 5. The number of esters is 1. The Morgan fingerprint density at radius 2 is 1.94 bits per heavy atom. The van der Waals surface area contributed by atoms with Gasteiger partial charge >= 0.3 is 5.97 Å². The molecular formula is C12H23NO4S. The molecule has 0 spiro atoms. The molecule has 1 aliphatic rings. The van der Waals surface area contributed by atoms with Gasteiger partial charge in [0.1, 0.15) is 0 Å². The third-order valence-electron chi connectivity index (χ3n) is 3.53. The molecule has 18 heavy (non-hydrogen) atoms. The zero-order valence-corrected chi connectivity index (χ0v) is 12.0. The van der Waals surface area contributed by atoms with Crippen LogP contribution >= 0.6 is 0 Å². The molecule has 0 aromatic carbocycles. The molecule has 0 N–H and O–H groups in total. The third-order valence-corrected chi connectivity index (χ3v) is 5.21. The van der Waals surface area contributed by atoms with Crippen LogP contribution in [-0.2, 0) is 19.4 Å². The number of ether oxygens (including phenoxy) is 1. The topological polar surface area (TPSA) is 63.7 Å². The Hall–Kier alpha value is -0.620. The smallest absolute Gasteiger partial charge is 0.319 e. The molecule has 0 aromatic rings. The van der Waals surface area contributed by atoms with E-state index in [0.717, 1.165) is 25.7 Å². The van der Waals surface area contributed by atoms with Crippen LogP contribution in [0.5, 0.6) is 0 Å². The van der Waals surface area contributed by atoms with Gasteiger partial charge in [-0.25, -0.2) is 8.42 Å². The van der Waals surface area contributed by atoms with Crippen molar-refractivity contribution in [3.8, 4) is 0 Å². The summed E-state index contributed by atoms with van der Waals surface area (Å²) in [4.78, 5) is 13.3. The van der Waals surface area contributed by atoms with Crippen molar-refractivity contribution in [1.82, 2.24) is 4.90 Å². The molecule has 0 aliphatic heterocycles. The Kier molecular flexibility index (Phi) is 6.08. The van der Waals surface area contributed by atoms with Crippen LogP contribution in [0.15, 0.2) is 0 Å². The highest BCUT2D eigenvalue weighted by molar-refractivity contribution is 7.91. The first-order valence-electron chi connectivity index (χ1n) is 6.49. The second-order valence-corrected chi connectivity index (χ2v) is 7.19. The zero-order valence-electron chi connectivity index (χ0n) is 11.2. The molecule has 0 heterocycles. The largest absolute Gasteiger partial charge is 0.468 e. The van der Waals surface area contributed by atoms with Crippen molar-refractivity contribution < 1.29 is 17.9 Å². The molecule has 1 saturated carbocycles. The summed E-state index contributed by atoms with van der Waals surface area (Å²) in [5, 5.41) is 0. The van der Waals surface area contributed by atoms with Crippen LogP contribution in [0.3, 0.4) is 0 Å². The lowest BCUT2D eigenvalue weighted by molar-refractivity contribution is -0.142. The van der Waals surface area contributed by atoms with Crippen molar-refractivity contribution >= 4 is 15.8 Å². The van der Waals surface area contributed by atoms with E-state index in [1.165, 1.54) is 7.11 Å². The first kappa shape index (κ1) is 15.4. The molecule has 1 aliphatic carbocycles. The van der Waals surface area contributed by atoms with Gasteiger partial charge in [-0.3, -0.25) is 9.69 Å². The van der Waals surface area contributed by atoms with Gasteiger partial charge in [0.05, 0.1) is 19.4 Å². The predicted octanol–water partition coefficient (Wildman–Crippen LogP) is 0.839. The summed E-state index contributed by atoms with van der Waals surface area (Å²) in [6.45, 7) is 2.27. The first-order valence-corrected chi connectivity index (χ1v) is 8.32. The minimum atomic E-state index is -2.98. The lowest BCUT2D eigenvalue weighted by Crippen LogP contribution is -2.41. The number of nitrogens with zero attached hydrogens (tertiary/aromatic N) is 1. The van der Waals surface area contributed by atoms with Crippen LogP contribution < -0.4 is 0 Å². The van der Waals surface area contributed by atoms with E-state index in [2.05, 4.69) is 4.74 Å². The maximum Gasteiger partial charge on any atom is 0.319 e. The minimum absolute atomic E-state index is 0.122. The van der Waals surface area contributed by atoms with E-state index in [0.29, 0.717) is 12.6 Å². The Labute approximate surface area is 109 Å². The fraction of sp³-hybridized carbons (Fsp3) is 0.917. The Morgan fingerprint density at radius 3 is 2.44 bits per heavy atom. The molecule has 5 nitrogen and oxygen atoms in total. The number of carbonyl (C=O) groups is 1. The summed E-state index contributed by atoms with van der Waals surface area (Å²) in [7, 11) is -1.62. The van der Waals surface area contributed by atoms with Gasteiger partial charge in [-0.05, 0) is 12.8 Å². The average Bonchev–Trinajstić information content (AvgIpc) is 2.87. The van der Waals surface area contributed by atoms with Crippen LogP contribution in [0.4, 0.5) is 0 Å². The van der Waals surface area contributed by atoms with Gasteiger partial charge in [0.25, 0.3) is 0 Å². The lowest BCUT2D eigenvalue weighted by atomic mass is 10.2. The molecule has 0 bridgehead atoms. The van der Waals surface area contributed by atoms with Crippen molar-refractivity contribution in [2.45, 2.75) is 38.6 Å². The quantitative estimate of drug-likeness (QED) is 0.645. The SMILES string of the molecule is CCS(=O)(=O)CCN(CC(=O)OC)C1CCCC1. The summed E-state index contributed by atoms with van der Waals surface area (Å²) < 4.78 is 27.7. The van der Waals surface area contributed by atoms with E-state index in [4.69, 9.17) is 0 Å². The Morgan fingerprint density at radius 1 is 1.33 bits per heavy atom. The van der Waals surface area contributed by atoms with Crippen molar-refractivity contribution in [2.75, 3.05) is 31.7 Å². The summed E-state index contributed by atoms with van der Waals surface area (Å²) in [5.74, 6) is -0.0171. The number of sulfone groups is 1. The Balaban J connectivity index is 2.56. The molecule has 0 radical (unpaired) electrons. The molecule has 106 valence electrons. The van der Waals surface area contributed by atoms with E-state index >= 15 is 0 Å². The third kappa shape index (κ3) is 4.94. The van der Waals surface area contributed by atoms with Crippen LogP contribution in [0.2, 0.25) is 0 Å². The van der Waals surface area contributed by atoms with Crippen LogP contribution in [0.1, 0.15) is 32.6 Å². The van der Waals surface area contributed by atoms with Crippen LogP contribution in [-0.4, -0.2) is 57.0 Å². The average molecular weight is 277 g/mol. The Bertz CT molecular complexity index is 360. The summed E-state index contributed by atoms with van der Waals surface area (Å²) in [6, 6.07) is 0.330. The molecular weight excluding hydrogens is 254 g/mol. The van der Waals surface area contributed by atoms with Crippen LogP contribution in [0.25, 0.3) is 0 Å². The maximum atomic E-state index is 11.5. The molecule has 0 saturated heterocycles. The molecule has 0 unspecified atom stereocenters. The van der Waals surface area contributed by atoms with Gasteiger partial charge in [0.15, 0.2) is 9.84 Å². The molecule has 1 fully saturated rings. The first-order chi connectivity index (χ1) is 8.48. The fourth-order valence-corrected chi connectivity index (χ4v) is 3.09. The molecule has 0 aromatic heterocycles. The summed E-state index contributed by atoms with van der Waals surface area (Å²) in [5.41, 5.74) is 0. The fourth-order valence-electron chi connectivity index (χ4n) is 2.29. The number of methoxy groups -OCH3 is 1. The highest BCUT2D eigenvalue weighted by Gasteiger charge is 2.25. The highest BCUT2D eigenvalue weighted by atomic mass is 32.2. The maximum absolute atomic E-state index is 11.5. The molecule has 6 heteroatoms. The summed E-state index contributed by atoms with van der Waals surface area (Å²) >= 11 is 0. The molecule has 0 atom stereocenters. The van der Waals surface area contributed by atoms with Crippen molar-refractivity contribution in [3.05, 3.63) is 0 Å². The number of hydrogen-bond donors (Lipinski definition) is 0. The second kappa shape index (κ2) is 7.09. The lowest BCUT2D eigenvalue weighted by Gasteiger charge is -2.27. The van der Waals surface area contributed by atoms with Crippen LogP contribution in [0, 0.1) is 0 Å². The molecule has 0 amide bonds.